The maximum atomic E-state index is 10.7. The lowest BCUT2D eigenvalue weighted by Gasteiger charge is -2.07. The van der Waals surface area contributed by atoms with E-state index in [1.807, 2.05) is 5.43 Å². The average Bonchev–Trinajstić information content (AvgIpc) is 2.05. The summed E-state index contributed by atoms with van der Waals surface area (Å²) in [5, 5.41) is 8.48. The molecule has 0 aromatic carbocycles. The van der Waals surface area contributed by atoms with E-state index in [2.05, 4.69) is 4.79 Å². The lowest BCUT2D eigenvalue weighted by atomic mass is 10.1. The molecule has 0 aliphatic heterocycles. The fourth-order valence-corrected chi connectivity index (χ4v) is 0.694. The van der Waals surface area contributed by atoms with Gasteiger partial charge < -0.3 is 10.6 Å². The van der Waals surface area contributed by atoms with E-state index in [-0.39, 0.29) is 12.8 Å². The minimum Gasteiger partial charge on any atom is -0.480 e. The third-order valence-electron chi connectivity index (χ3n) is 1.38. The van der Waals surface area contributed by atoms with Crippen LogP contribution in [0.15, 0.2) is 0 Å². The van der Waals surface area contributed by atoms with Gasteiger partial charge in [0.15, 0.2) is 0 Å². The first-order valence-corrected chi connectivity index (χ1v) is 3.51. The zero-order valence-electron chi connectivity index (χ0n) is 6.80. The first-order valence-electron chi connectivity index (χ1n) is 3.51. The second-order valence-electron chi connectivity index (χ2n) is 2.31. The number of hydrazine groups is 1. The third-order valence-corrected chi connectivity index (χ3v) is 1.38. The number of Topliss-reactive ketones (excluding diaryl/α,β-unsaturated/α-hetero) is 1. The SMILES string of the molecule is [N-]=[N+]=CC(=O)CC[C@H](NN)C(=O)O. The van der Waals surface area contributed by atoms with Gasteiger partial charge in [0.25, 0.3) is 0 Å². The van der Waals surface area contributed by atoms with Gasteiger partial charge in [-0.3, -0.25) is 15.4 Å². The number of carbonyl (C=O) groups is 2. The molecule has 13 heavy (non-hydrogen) atoms. The van der Waals surface area contributed by atoms with Crippen LogP contribution >= 0.6 is 0 Å². The Kier molecular flexibility index (Phi) is 5.29. The van der Waals surface area contributed by atoms with Crippen LogP contribution in [0.25, 0.3) is 5.53 Å². The molecule has 0 unspecified atom stereocenters. The molecule has 0 fully saturated rings. The fraction of sp³-hybridized carbons (Fsp3) is 0.500. The molecular formula is C6H10N4O3. The first kappa shape index (κ1) is 11.4. The van der Waals surface area contributed by atoms with Crippen molar-refractivity contribution in [3.05, 3.63) is 5.53 Å². The Morgan fingerprint density at radius 1 is 1.69 bits per heavy atom. The minimum atomic E-state index is -1.13. The number of ketones is 1. The monoisotopic (exact) mass is 186 g/mol. The molecule has 7 nitrogen and oxygen atoms in total. The Hall–Kier alpha value is -1.56. The van der Waals surface area contributed by atoms with E-state index < -0.39 is 17.8 Å². The van der Waals surface area contributed by atoms with E-state index in [1.165, 1.54) is 0 Å². The summed E-state index contributed by atoms with van der Waals surface area (Å²) in [6.45, 7) is 0. The molecule has 0 aromatic heterocycles. The molecule has 0 aromatic rings. The molecule has 0 saturated heterocycles. The zero-order valence-corrected chi connectivity index (χ0v) is 6.80. The van der Waals surface area contributed by atoms with Gasteiger partial charge in [-0.2, -0.15) is 4.79 Å². The van der Waals surface area contributed by atoms with Crippen molar-refractivity contribution in [1.82, 2.24) is 5.43 Å². The van der Waals surface area contributed by atoms with Gasteiger partial charge in [0.05, 0.1) is 0 Å². The van der Waals surface area contributed by atoms with Gasteiger partial charge in [-0.25, -0.2) is 5.43 Å². The molecule has 7 heteroatoms. The maximum Gasteiger partial charge on any atom is 0.323 e. The molecule has 0 rings (SSSR count). The summed E-state index contributed by atoms with van der Waals surface area (Å²) in [5.41, 5.74) is 10.0. The van der Waals surface area contributed by atoms with E-state index in [4.69, 9.17) is 16.5 Å². The van der Waals surface area contributed by atoms with E-state index in [1.54, 1.807) is 0 Å². The van der Waals surface area contributed by atoms with Crippen LogP contribution in [0.1, 0.15) is 12.8 Å². The van der Waals surface area contributed by atoms with E-state index in [0.29, 0.717) is 0 Å². The highest BCUT2D eigenvalue weighted by molar-refractivity contribution is 6.25. The van der Waals surface area contributed by atoms with Crippen molar-refractivity contribution in [2.24, 2.45) is 5.84 Å². The van der Waals surface area contributed by atoms with E-state index in [0.717, 1.165) is 6.21 Å². The maximum absolute atomic E-state index is 10.7. The largest absolute Gasteiger partial charge is 0.480 e. The average molecular weight is 186 g/mol. The molecule has 0 radical (unpaired) electrons. The molecular weight excluding hydrogens is 176 g/mol. The van der Waals surface area contributed by atoms with Crippen molar-refractivity contribution >= 4 is 18.0 Å². The molecule has 4 N–H and O–H groups in total. The molecule has 72 valence electrons. The van der Waals surface area contributed by atoms with Crippen molar-refractivity contribution < 1.29 is 19.5 Å². The number of carbonyl (C=O) groups excluding carboxylic acids is 1. The van der Waals surface area contributed by atoms with Gasteiger partial charge in [0.2, 0.25) is 5.78 Å². The smallest absolute Gasteiger partial charge is 0.323 e. The Morgan fingerprint density at radius 2 is 2.31 bits per heavy atom. The summed E-state index contributed by atoms with van der Waals surface area (Å²) < 4.78 is 0. The van der Waals surface area contributed by atoms with Gasteiger partial charge in [0, 0.05) is 6.42 Å². The van der Waals surface area contributed by atoms with Crippen molar-refractivity contribution in [3.8, 4) is 0 Å². The third kappa shape index (κ3) is 4.81. The predicted molar refractivity (Wildman–Crippen MR) is 42.7 cm³/mol. The lowest BCUT2D eigenvalue weighted by Crippen LogP contribution is -2.41. The summed E-state index contributed by atoms with van der Waals surface area (Å²) in [6.07, 6.45) is 0.733. The van der Waals surface area contributed by atoms with Crippen LogP contribution in [-0.4, -0.2) is 33.9 Å². The van der Waals surface area contributed by atoms with E-state index >= 15 is 0 Å². The summed E-state index contributed by atoms with van der Waals surface area (Å²) in [4.78, 5) is 23.6. The lowest BCUT2D eigenvalue weighted by molar-refractivity contribution is -0.139. The van der Waals surface area contributed by atoms with Crippen LogP contribution in [0.2, 0.25) is 0 Å². The molecule has 0 spiro atoms. The van der Waals surface area contributed by atoms with E-state index in [9.17, 15) is 9.59 Å². The number of hydrogen-bond acceptors (Lipinski definition) is 4. The summed E-state index contributed by atoms with van der Waals surface area (Å²) in [7, 11) is 0. The van der Waals surface area contributed by atoms with Crippen molar-refractivity contribution in [2.45, 2.75) is 18.9 Å². The summed E-state index contributed by atoms with van der Waals surface area (Å²) in [5.74, 6) is 3.33. The highest BCUT2D eigenvalue weighted by atomic mass is 16.4. The number of rotatable bonds is 6. The molecule has 0 saturated carbocycles. The molecule has 0 bridgehead atoms. The minimum absolute atomic E-state index is 0.0365. The summed E-state index contributed by atoms with van der Waals surface area (Å²) >= 11 is 0. The number of carboxylic acid groups (broad SMARTS) is 1. The van der Waals surface area contributed by atoms with Crippen LogP contribution in [0.4, 0.5) is 0 Å². The Bertz CT molecular complexity index is 246. The fourth-order valence-electron chi connectivity index (χ4n) is 0.694. The highest BCUT2D eigenvalue weighted by Crippen LogP contribution is 1.96. The number of carboxylic acids is 1. The van der Waals surface area contributed by atoms with Crippen LogP contribution in [-0.2, 0) is 9.59 Å². The Labute approximate surface area is 74.1 Å². The van der Waals surface area contributed by atoms with Crippen LogP contribution < -0.4 is 11.3 Å². The molecule has 0 aliphatic carbocycles. The second-order valence-corrected chi connectivity index (χ2v) is 2.31. The molecule has 0 aliphatic rings. The highest BCUT2D eigenvalue weighted by Gasteiger charge is 2.16. The normalized spacial score (nSPS) is 11.5. The topological polar surface area (TPSA) is 129 Å². The number of nitrogens with one attached hydrogen (secondary N) is 1. The van der Waals surface area contributed by atoms with Crippen LogP contribution in [0, 0.1) is 0 Å². The molecule has 1 atom stereocenters. The second kappa shape index (κ2) is 6.01. The van der Waals surface area contributed by atoms with Crippen LogP contribution in [0.3, 0.4) is 0 Å². The van der Waals surface area contributed by atoms with Gasteiger partial charge in [0.1, 0.15) is 6.04 Å². The van der Waals surface area contributed by atoms with Crippen LogP contribution in [0.5, 0.6) is 0 Å². The number of hydrogen-bond donors (Lipinski definition) is 3. The van der Waals surface area contributed by atoms with Gasteiger partial charge in [-0.15, -0.1) is 0 Å². The number of nitrogens with zero attached hydrogens (tertiary/aromatic N) is 2. The van der Waals surface area contributed by atoms with Gasteiger partial charge >= 0.3 is 12.2 Å². The van der Waals surface area contributed by atoms with Crippen molar-refractivity contribution in [2.75, 3.05) is 0 Å². The zero-order chi connectivity index (χ0) is 10.3. The van der Waals surface area contributed by atoms with Gasteiger partial charge in [-0.05, 0) is 6.42 Å². The molecule has 0 heterocycles. The standard InChI is InChI=1S/C6H10N4O3/c7-9-3-4(11)1-2-5(10-8)6(12)13/h3,5,10H,1-2,8H2,(H,12,13)/t5-/m0/s1. The quantitative estimate of drug-likeness (QED) is 0.154. The number of aliphatic carboxylic acids is 1. The summed E-state index contributed by atoms with van der Waals surface area (Å²) in [6, 6.07) is -0.962. The number of nitrogens with two attached hydrogens (primary N) is 1. The Morgan fingerprint density at radius 3 is 2.69 bits per heavy atom. The molecule has 0 amide bonds. The van der Waals surface area contributed by atoms with Gasteiger partial charge in [-0.1, -0.05) is 0 Å². The predicted octanol–water partition coefficient (Wildman–Crippen LogP) is -1.45. The first-order chi connectivity index (χ1) is 6.11. The Balaban J connectivity index is 3.92. The van der Waals surface area contributed by atoms with Crippen molar-refractivity contribution in [3.63, 3.8) is 0 Å². The van der Waals surface area contributed by atoms with Crippen molar-refractivity contribution in [1.29, 1.82) is 0 Å².